The third-order valence-corrected chi connectivity index (χ3v) is 5.77. The van der Waals surface area contributed by atoms with Gasteiger partial charge in [0.2, 0.25) is 5.91 Å². The molecule has 1 heterocycles. The molecule has 1 saturated heterocycles. The lowest BCUT2D eigenvalue weighted by molar-refractivity contribution is -0.139. The molecule has 0 bridgehead atoms. The van der Waals surface area contributed by atoms with Crippen LogP contribution in [0.3, 0.4) is 0 Å². The zero-order valence-electron chi connectivity index (χ0n) is 19.4. The molecule has 2 aromatic rings. The van der Waals surface area contributed by atoms with Crippen molar-refractivity contribution in [2.45, 2.75) is 45.2 Å². The molecule has 4 N–H and O–H groups in total. The van der Waals surface area contributed by atoms with Crippen LogP contribution in [0.15, 0.2) is 48.5 Å². The maximum atomic E-state index is 12.6. The summed E-state index contributed by atoms with van der Waals surface area (Å²) in [6.45, 7) is 3.80. The minimum Gasteiger partial charge on any atom is -0.484 e. The third kappa shape index (κ3) is 6.57. The summed E-state index contributed by atoms with van der Waals surface area (Å²) in [6.07, 6.45) is 3.13. The molecule has 0 radical (unpaired) electrons. The van der Waals surface area contributed by atoms with E-state index in [1.165, 1.54) is 6.07 Å². The molecule has 0 saturated carbocycles. The van der Waals surface area contributed by atoms with Crippen LogP contribution in [-0.2, 0) is 9.59 Å². The van der Waals surface area contributed by atoms with E-state index >= 15 is 0 Å². The van der Waals surface area contributed by atoms with Crippen LogP contribution in [-0.4, -0.2) is 53.8 Å². The first kappa shape index (κ1) is 24.8. The predicted molar refractivity (Wildman–Crippen MR) is 127 cm³/mol. The normalized spacial score (nSPS) is 17.5. The van der Waals surface area contributed by atoms with E-state index in [2.05, 4.69) is 24.5 Å². The molecule has 1 aliphatic rings. The highest BCUT2D eigenvalue weighted by molar-refractivity contribution is 6.05. The number of nitrogens with two attached hydrogens (primary N) is 1. The summed E-state index contributed by atoms with van der Waals surface area (Å²) in [4.78, 5) is 50.0. The van der Waals surface area contributed by atoms with Gasteiger partial charge in [0.1, 0.15) is 5.75 Å². The minimum absolute atomic E-state index is 0.0405. The van der Waals surface area contributed by atoms with Gasteiger partial charge in [-0.25, -0.2) is 0 Å². The highest BCUT2D eigenvalue weighted by atomic mass is 16.5. The van der Waals surface area contributed by atoms with Crippen LogP contribution in [0.1, 0.15) is 53.8 Å². The number of hydrogen-bond donors (Lipinski definition) is 3. The van der Waals surface area contributed by atoms with E-state index in [0.29, 0.717) is 17.0 Å². The second-order valence-electron chi connectivity index (χ2n) is 8.43. The number of likely N-dealkylation sites (tertiary alicyclic amines) is 1. The van der Waals surface area contributed by atoms with Gasteiger partial charge in [0.25, 0.3) is 17.7 Å². The smallest absolute Gasteiger partial charge is 0.260 e. The average molecular weight is 467 g/mol. The Morgan fingerprint density at radius 1 is 0.971 bits per heavy atom. The molecule has 2 aromatic carbocycles. The van der Waals surface area contributed by atoms with Gasteiger partial charge in [0.05, 0.1) is 6.54 Å². The molecule has 0 aromatic heterocycles. The average Bonchev–Trinajstić information content (AvgIpc) is 2.81. The first-order valence-corrected chi connectivity index (χ1v) is 11.3. The molecular formula is C25H30N4O5. The lowest BCUT2D eigenvalue weighted by atomic mass is 9.97. The van der Waals surface area contributed by atoms with Crippen LogP contribution >= 0.6 is 0 Å². The number of rotatable bonds is 8. The molecule has 0 aliphatic carbocycles. The Kier molecular flexibility index (Phi) is 8.24. The fourth-order valence-electron chi connectivity index (χ4n) is 4.05. The summed E-state index contributed by atoms with van der Waals surface area (Å²) < 4.78 is 5.65. The maximum absolute atomic E-state index is 12.6. The summed E-state index contributed by atoms with van der Waals surface area (Å²) in [5.74, 6) is -1.03. The summed E-state index contributed by atoms with van der Waals surface area (Å²) in [7, 11) is 0. The molecule has 1 fully saturated rings. The van der Waals surface area contributed by atoms with Gasteiger partial charge in [-0.05, 0) is 75.6 Å². The molecule has 2 atom stereocenters. The van der Waals surface area contributed by atoms with E-state index in [-0.39, 0.29) is 42.6 Å². The molecule has 1 aliphatic heterocycles. The monoisotopic (exact) mass is 466 g/mol. The van der Waals surface area contributed by atoms with Crippen molar-refractivity contribution in [1.29, 1.82) is 0 Å². The number of carbonyl (C=O) groups is 4. The Labute approximate surface area is 198 Å². The lowest BCUT2D eigenvalue weighted by Gasteiger charge is -2.38. The SMILES string of the molecule is CC1CCCC(C)N1C(=O)COc1ccc(C(=O)Nc2cccc(C(=O)NCC(N)=O)c2)cc1. The molecule has 3 rings (SSSR count). The van der Waals surface area contributed by atoms with E-state index < -0.39 is 11.8 Å². The molecular weight excluding hydrogens is 436 g/mol. The molecule has 180 valence electrons. The quantitative estimate of drug-likeness (QED) is 0.550. The van der Waals surface area contributed by atoms with E-state index in [0.717, 1.165) is 19.3 Å². The van der Waals surface area contributed by atoms with Crippen molar-refractivity contribution in [1.82, 2.24) is 10.2 Å². The van der Waals surface area contributed by atoms with Gasteiger partial charge in [-0.1, -0.05) is 6.07 Å². The Balaban J connectivity index is 1.55. The first-order valence-electron chi connectivity index (χ1n) is 11.3. The molecule has 9 heteroatoms. The van der Waals surface area contributed by atoms with E-state index in [4.69, 9.17) is 10.5 Å². The van der Waals surface area contributed by atoms with Crippen molar-refractivity contribution in [3.63, 3.8) is 0 Å². The van der Waals surface area contributed by atoms with Gasteiger partial charge in [-0.3, -0.25) is 19.2 Å². The number of ether oxygens (including phenoxy) is 1. The van der Waals surface area contributed by atoms with Crippen molar-refractivity contribution >= 4 is 29.3 Å². The molecule has 0 spiro atoms. The van der Waals surface area contributed by atoms with Gasteiger partial charge >= 0.3 is 0 Å². The molecule has 4 amide bonds. The topological polar surface area (TPSA) is 131 Å². The van der Waals surface area contributed by atoms with Crippen LogP contribution < -0.4 is 21.1 Å². The highest BCUT2D eigenvalue weighted by Gasteiger charge is 2.29. The van der Waals surface area contributed by atoms with Crippen LogP contribution in [0, 0.1) is 0 Å². The Morgan fingerprint density at radius 3 is 2.29 bits per heavy atom. The van der Waals surface area contributed by atoms with Crippen molar-refractivity contribution in [3.8, 4) is 5.75 Å². The van der Waals surface area contributed by atoms with Gasteiger partial charge < -0.3 is 26.0 Å². The third-order valence-electron chi connectivity index (χ3n) is 5.77. The number of piperidine rings is 1. The first-order chi connectivity index (χ1) is 16.2. The Bertz CT molecular complexity index is 1040. The second kappa shape index (κ2) is 11.3. The zero-order chi connectivity index (χ0) is 24.7. The fraction of sp³-hybridized carbons (Fsp3) is 0.360. The van der Waals surface area contributed by atoms with E-state index in [1.54, 1.807) is 42.5 Å². The van der Waals surface area contributed by atoms with Crippen molar-refractivity contribution < 1.29 is 23.9 Å². The number of primary amides is 1. The number of nitrogens with one attached hydrogen (secondary N) is 2. The van der Waals surface area contributed by atoms with Crippen molar-refractivity contribution in [2.24, 2.45) is 5.73 Å². The van der Waals surface area contributed by atoms with Crippen LogP contribution in [0.5, 0.6) is 5.75 Å². The maximum Gasteiger partial charge on any atom is 0.260 e. The van der Waals surface area contributed by atoms with E-state index in [9.17, 15) is 19.2 Å². The number of carbonyl (C=O) groups excluding carboxylic acids is 4. The van der Waals surface area contributed by atoms with Gasteiger partial charge in [0.15, 0.2) is 6.61 Å². The number of benzene rings is 2. The molecule has 9 nitrogen and oxygen atoms in total. The van der Waals surface area contributed by atoms with Gasteiger partial charge in [-0.2, -0.15) is 0 Å². The summed E-state index contributed by atoms with van der Waals surface area (Å²) in [5, 5.41) is 5.12. The summed E-state index contributed by atoms with van der Waals surface area (Å²) >= 11 is 0. The largest absolute Gasteiger partial charge is 0.484 e. The number of hydrogen-bond acceptors (Lipinski definition) is 5. The standard InChI is InChI=1S/C25H30N4O5/c1-16-5-3-6-17(2)29(16)23(31)15-34-21-11-9-18(10-12-21)25(33)28-20-8-4-7-19(13-20)24(32)27-14-22(26)30/h4,7-13,16-17H,3,5-6,14-15H2,1-2H3,(H2,26,30)(H,27,32)(H,28,33). The molecule has 2 unspecified atom stereocenters. The lowest BCUT2D eigenvalue weighted by Crippen LogP contribution is -2.49. The van der Waals surface area contributed by atoms with Crippen molar-refractivity contribution in [3.05, 3.63) is 59.7 Å². The predicted octanol–water partition coefficient (Wildman–Crippen LogP) is 2.32. The summed E-state index contributed by atoms with van der Waals surface area (Å²) in [5.41, 5.74) is 6.13. The Hall–Kier alpha value is -3.88. The van der Waals surface area contributed by atoms with Gasteiger partial charge in [-0.15, -0.1) is 0 Å². The van der Waals surface area contributed by atoms with Crippen LogP contribution in [0.25, 0.3) is 0 Å². The van der Waals surface area contributed by atoms with Crippen LogP contribution in [0.2, 0.25) is 0 Å². The number of anilines is 1. The van der Waals surface area contributed by atoms with E-state index in [1.807, 2.05) is 4.90 Å². The van der Waals surface area contributed by atoms with Crippen molar-refractivity contribution in [2.75, 3.05) is 18.5 Å². The zero-order valence-corrected chi connectivity index (χ0v) is 19.4. The fourth-order valence-corrected chi connectivity index (χ4v) is 4.05. The van der Waals surface area contributed by atoms with Gasteiger partial charge in [0, 0.05) is 28.9 Å². The minimum atomic E-state index is -0.648. The Morgan fingerprint density at radius 2 is 1.65 bits per heavy atom. The van der Waals surface area contributed by atoms with Crippen LogP contribution in [0.4, 0.5) is 5.69 Å². The number of nitrogens with zero attached hydrogens (tertiary/aromatic N) is 1. The highest BCUT2D eigenvalue weighted by Crippen LogP contribution is 2.23. The second-order valence-corrected chi connectivity index (χ2v) is 8.43. The number of amides is 4. The molecule has 34 heavy (non-hydrogen) atoms. The summed E-state index contributed by atoms with van der Waals surface area (Å²) in [6, 6.07) is 13.2.